The van der Waals surface area contributed by atoms with Crippen molar-refractivity contribution in [2.75, 3.05) is 13.2 Å². The van der Waals surface area contributed by atoms with E-state index in [0.29, 0.717) is 31.0 Å². The average molecular weight is 394 g/mol. The van der Waals surface area contributed by atoms with Crippen LogP contribution >= 0.6 is 0 Å². The summed E-state index contributed by atoms with van der Waals surface area (Å²) < 4.78 is 22.2. The van der Waals surface area contributed by atoms with Crippen molar-refractivity contribution < 1.29 is 9.13 Å². The van der Waals surface area contributed by atoms with Crippen LogP contribution in [0.3, 0.4) is 0 Å². The number of benzene rings is 1. The van der Waals surface area contributed by atoms with Crippen molar-refractivity contribution in [3.05, 3.63) is 65.1 Å². The van der Waals surface area contributed by atoms with Crippen LogP contribution in [0.5, 0.6) is 0 Å². The van der Waals surface area contributed by atoms with E-state index in [1.807, 2.05) is 38.6 Å². The molecule has 0 aliphatic carbocycles. The molecular formula is C22H23FN4O2. The molecule has 1 N–H and O–H groups in total. The largest absolute Gasteiger partial charge is 0.382 e. The molecule has 150 valence electrons. The number of hydrogen-bond acceptors (Lipinski definition) is 3. The van der Waals surface area contributed by atoms with Gasteiger partial charge in [0.1, 0.15) is 11.5 Å². The van der Waals surface area contributed by atoms with Crippen LogP contribution in [0.25, 0.3) is 33.6 Å². The maximum absolute atomic E-state index is 13.4. The highest BCUT2D eigenvalue weighted by Gasteiger charge is 2.22. The highest BCUT2D eigenvalue weighted by molar-refractivity contribution is 5.89. The van der Waals surface area contributed by atoms with Gasteiger partial charge in [-0.05, 0) is 43.7 Å². The molecule has 0 spiro atoms. The van der Waals surface area contributed by atoms with Gasteiger partial charge in [-0.1, -0.05) is 0 Å². The van der Waals surface area contributed by atoms with E-state index >= 15 is 0 Å². The Balaban J connectivity index is 1.78. The number of ether oxygens (including phenoxy) is 1. The van der Waals surface area contributed by atoms with Gasteiger partial charge in [0.05, 0.1) is 11.3 Å². The van der Waals surface area contributed by atoms with Crippen molar-refractivity contribution in [3.8, 4) is 33.6 Å². The van der Waals surface area contributed by atoms with E-state index in [4.69, 9.17) is 4.74 Å². The monoisotopic (exact) mass is 394 g/mol. The van der Waals surface area contributed by atoms with E-state index in [2.05, 4.69) is 10.1 Å². The molecule has 1 aromatic carbocycles. The lowest BCUT2D eigenvalue weighted by molar-refractivity contribution is 0.141. The van der Waals surface area contributed by atoms with Crippen molar-refractivity contribution in [1.29, 1.82) is 0 Å². The zero-order chi connectivity index (χ0) is 20.4. The summed E-state index contributed by atoms with van der Waals surface area (Å²) in [6.45, 7) is 3.84. The second-order valence-corrected chi connectivity index (χ2v) is 6.93. The zero-order valence-electron chi connectivity index (χ0n) is 16.5. The number of aromatic amines is 1. The molecule has 1 aromatic heterocycles. The lowest BCUT2D eigenvalue weighted by Gasteiger charge is -2.07. The fraction of sp³-hybridized carbons (Fsp3) is 0.273. The number of halogens is 1. The predicted octanol–water partition coefficient (Wildman–Crippen LogP) is 3.91. The molecule has 0 fully saturated rings. The molecular weight excluding hydrogens is 371 g/mol. The fourth-order valence-electron chi connectivity index (χ4n) is 3.58. The minimum Gasteiger partial charge on any atom is -0.382 e. The van der Waals surface area contributed by atoms with E-state index in [1.165, 1.54) is 12.1 Å². The molecule has 0 amide bonds. The number of nitrogens with zero attached hydrogens (tertiary/aromatic N) is 3. The SMILES string of the molecule is CCOCCCn1cc2[nH]ccc(-c3cn(C)nc3-c3ccc(F)cc3)c-2c1=O. The molecule has 2 aliphatic heterocycles. The number of aryl methyl sites for hydroxylation is 2. The molecule has 4 rings (SSSR count). The molecule has 7 heteroatoms. The first-order chi connectivity index (χ1) is 14.1. The van der Waals surface area contributed by atoms with E-state index < -0.39 is 0 Å². The van der Waals surface area contributed by atoms with Crippen LogP contribution in [-0.4, -0.2) is 32.5 Å². The van der Waals surface area contributed by atoms with E-state index in [-0.39, 0.29) is 11.4 Å². The first-order valence-corrected chi connectivity index (χ1v) is 9.66. The van der Waals surface area contributed by atoms with E-state index in [1.54, 1.807) is 21.4 Å². The van der Waals surface area contributed by atoms with Crippen LogP contribution in [-0.2, 0) is 18.3 Å². The Kier molecular flexibility index (Phi) is 5.31. The van der Waals surface area contributed by atoms with Crippen molar-refractivity contribution in [2.45, 2.75) is 19.9 Å². The van der Waals surface area contributed by atoms with Crippen LogP contribution in [0.15, 0.2) is 53.7 Å². The Labute approximate surface area is 167 Å². The van der Waals surface area contributed by atoms with Crippen molar-refractivity contribution in [3.63, 3.8) is 0 Å². The molecule has 0 radical (unpaired) electrons. The Morgan fingerprint density at radius 3 is 2.69 bits per heavy atom. The van der Waals surface area contributed by atoms with Gasteiger partial charge in [-0.25, -0.2) is 4.39 Å². The van der Waals surface area contributed by atoms with Crippen LogP contribution in [0.1, 0.15) is 13.3 Å². The number of rotatable bonds is 7. The molecule has 0 unspecified atom stereocenters. The summed E-state index contributed by atoms with van der Waals surface area (Å²) in [5, 5.41) is 4.56. The normalized spacial score (nSPS) is 11.4. The Bertz CT molecular complexity index is 1140. The summed E-state index contributed by atoms with van der Waals surface area (Å²) in [4.78, 5) is 16.3. The van der Waals surface area contributed by atoms with Crippen LogP contribution < -0.4 is 5.56 Å². The number of hydrogen-bond donors (Lipinski definition) is 1. The lowest BCUT2D eigenvalue weighted by Crippen LogP contribution is -2.16. The van der Waals surface area contributed by atoms with Gasteiger partial charge in [-0.2, -0.15) is 5.10 Å². The number of pyridine rings is 1. The van der Waals surface area contributed by atoms with Gasteiger partial charge in [0, 0.05) is 62.1 Å². The van der Waals surface area contributed by atoms with Crippen molar-refractivity contribution >= 4 is 0 Å². The van der Waals surface area contributed by atoms with Gasteiger partial charge in [-0.3, -0.25) is 9.48 Å². The molecule has 2 aromatic rings. The summed E-state index contributed by atoms with van der Waals surface area (Å²) in [5.74, 6) is -0.297. The third kappa shape index (κ3) is 3.73. The third-order valence-electron chi connectivity index (χ3n) is 4.92. The highest BCUT2D eigenvalue weighted by atomic mass is 19.1. The summed E-state index contributed by atoms with van der Waals surface area (Å²) in [6, 6.07) is 8.11. The minimum atomic E-state index is -0.297. The Hall–Kier alpha value is -3.19. The molecule has 2 aliphatic rings. The minimum absolute atomic E-state index is 0.0442. The second-order valence-electron chi connectivity index (χ2n) is 6.93. The maximum Gasteiger partial charge on any atom is 0.260 e. The lowest BCUT2D eigenvalue weighted by atomic mass is 9.98. The maximum atomic E-state index is 13.4. The second kappa shape index (κ2) is 8.05. The third-order valence-corrected chi connectivity index (χ3v) is 4.92. The van der Waals surface area contributed by atoms with Gasteiger partial charge in [0.2, 0.25) is 0 Å². The van der Waals surface area contributed by atoms with Crippen molar-refractivity contribution in [1.82, 2.24) is 19.3 Å². The summed E-state index contributed by atoms with van der Waals surface area (Å²) in [7, 11) is 1.83. The Morgan fingerprint density at radius 2 is 1.93 bits per heavy atom. The molecule has 3 heterocycles. The molecule has 6 nitrogen and oxygen atoms in total. The quantitative estimate of drug-likeness (QED) is 0.483. The van der Waals surface area contributed by atoms with Gasteiger partial charge >= 0.3 is 0 Å². The summed E-state index contributed by atoms with van der Waals surface area (Å²) in [6.07, 6.45) is 6.33. The standard InChI is InChI=1S/C22H23FN4O2/c1-3-29-12-4-11-27-14-19-20(22(27)28)17(9-10-24-19)18-13-26(2)25-21(18)15-5-7-16(23)8-6-15/h5-10,13-14,24H,3-4,11-12H2,1-2H3. The molecule has 0 saturated heterocycles. The van der Waals surface area contributed by atoms with Gasteiger partial charge in [0.25, 0.3) is 5.56 Å². The van der Waals surface area contributed by atoms with Crippen molar-refractivity contribution in [2.24, 2.45) is 7.05 Å². The summed E-state index contributed by atoms with van der Waals surface area (Å²) >= 11 is 0. The zero-order valence-corrected chi connectivity index (χ0v) is 16.5. The van der Waals surface area contributed by atoms with Crippen LogP contribution in [0, 0.1) is 5.82 Å². The molecule has 0 saturated carbocycles. The summed E-state index contributed by atoms with van der Waals surface area (Å²) in [5.41, 5.74) is 4.51. The van der Waals surface area contributed by atoms with Crippen LogP contribution in [0.4, 0.5) is 4.39 Å². The molecule has 0 atom stereocenters. The number of H-pyrrole nitrogens is 1. The first-order valence-electron chi connectivity index (χ1n) is 9.66. The highest BCUT2D eigenvalue weighted by Crippen LogP contribution is 2.36. The van der Waals surface area contributed by atoms with E-state index in [9.17, 15) is 9.18 Å². The van der Waals surface area contributed by atoms with Crippen LogP contribution in [0.2, 0.25) is 0 Å². The number of aromatic nitrogens is 4. The fourth-order valence-corrected chi connectivity index (χ4v) is 3.58. The van der Waals surface area contributed by atoms with Gasteiger partial charge in [0.15, 0.2) is 0 Å². The molecule has 29 heavy (non-hydrogen) atoms. The number of fused-ring (bicyclic) bond motifs is 1. The predicted molar refractivity (Wildman–Crippen MR) is 110 cm³/mol. The molecule has 0 bridgehead atoms. The topological polar surface area (TPSA) is 64.8 Å². The number of nitrogens with one attached hydrogen (secondary N) is 1. The Morgan fingerprint density at radius 1 is 1.14 bits per heavy atom. The van der Waals surface area contributed by atoms with Gasteiger partial charge < -0.3 is 14.3 Å². The average Bonchev–Trinajstić information content (AvgIpc) is 3.26. The smallest absolute Gasteiger partial charge is 0.260 e. The first kappa shape index (κ1) is 19.1. The van der Waals surface area contributed by atoms with E-state index in [0.717, 1.165) is 28.8 Å². The van der Waals surface area contributed by atoms with Gasteiger partial charge in [-0.15, -0.1) is 0 Å².